The largest absolute Gasteiger partial charge is 0.426 e. The Bertz CT molecular complexity index is 651. The Morgan fingerprint density at radius 2 is 1.87 bits per heavy atom. The highest BCUT2D eigenvalue weighted by atomic mass is 16.2. The third-order valence-electron chi connectivity index (χ3n) is 5.52. The first-order valence-corrected chi connectivity index (χ1v) is 8.65. The zero-order valence-corrected chi connectivity index (χ0v) is 13.3. The van der Waals surface area contributed by atoms with Crippen molar-refractivity contribution >= 4 is 17.6 Å². The number of benzene rings is 1. The Balaban J connectivity index is 1.81. The first-order valence-electron chi connectivity index (χ1n) is 8.65. The molecule has 3 amide bonds. The Hall–Kier alpha value is -1.72. The van der Waals surface area contributed by atoms with Crippen LogP contribution in [0.1, 0.15) is 43.7 Å². The highest BCUT2D eigenvalue weighted by molar-refractivity contribution is 6.09. The van der Waals surface area contributed by atoms with Gasteiger partial charge in [0.15, 0.2) is 5.69 Å². The van der Waals surface area contributed by atoms with Gasteiger partial charge in [0.2, 0.25) is 0 Å². The number of amides is 3. The smallest absolute Gasteiger partial charge is 0.318 e. The quantitative estimate of drug-likeness (QED) is 0.839. The molecule has 1 aromatic carbocycles. The minimum Gasteiger partial charge on any atom is -0.318 e. The van der Waals surface area contributed by atoms with Crippen molar-refractivity contribution in [2.45, 2.75) is 38.1 Å². The number of primary amides is 1. The summed E-state index contributed by atoms with van der Waals surface area (Å²) in [4.78, 5) is 25.4. The summed E-state index contributed by atoms with van der Waals surface area (Å²) in [5.74, 6) is 1.06. The summed E-state index contributed by atoms with van der Waals surface area (Å²) < 4.78 is -0.311. The third kappa shape index (κ3) is 2.58. The van der Waals surface area contributed by atoms with Gasteiger partial charge in [0.05, 0.1) is 0 Å². The minimum atomic E-state index is -0.539. The molecule has 23 heavy (non-hydrogen) atoms. The molecule has 2 saturated carbocycles. The van der Waals surface area contributed by atoms with Crippen molar-refractivity contribution in [3.63, 3.8) is 0 Å². The van der Waals surface area contributed by atoms with Gasteiger partial charge in [-0.2, -0.15) is 0 Å². The number of carbonyl (C=O) groups excluding carboxylic acids is 2. The second kappa shape index (κ2) is 5.42. The Labute approximate surface area is 136 Å². The fraction of sp³-hybridized carbons (Fsp3) is 0.556. The Kier molecular flexibility index (Phi) is 3.50. The molecule has 1 heterocycles. The fourth-order valence-corrected chi connectivity index (χ4v) is 3.84. The van der Waals surface area contributed by atoms with Gasteiger partial charge < -0.3 is 5.73 Å². The maximum atomic E-state index is 13.0. The number of quaternary nitrogens is 1. The van der Waals surface area contributed by atoms with E-state index in [0.717, 1.165) is 36.4 Å². The highest BCUT2D eigenvalue weighted by Crippen LogP contribution is 2.44. The average Bonchev–Trinajstić information content (AvgIpc) is 3.43. The van der Waals surface area contributed by atoms with E-state index in [2.05, 4.69) is 11.4 Å². The van der Waals surface area contributed by atoms with Crippen LogP contribution in [0, 0.1) is 11.8 Å². The first-order chi connectivity index (χ1) is 11.1. The number of urea groups is 1. The molecule has 5 heteroatoms. The molecule has 4 rings (SSSR count). The van der Waals surface area contributed by atoms with Crippen molar-refractivity contribution in [1.29, 1.82) is 0 Å². The summed E-state index contributed by atoms with van der Waals surface area (Å²) in [6.45, 7) is 0.727. The first kappa shape index (κ1) is 14.8. The molecule has 2 aliphatic carbocycles. The van der Waals surface area contributed by atoms with Gasteiger partial charge in [-0.05, 0) is 25.2 Å². The van der Waals surface area contributed by atoms with Crippen LogP contribution in [0.5, 0.6) is 0 Å². The van der Waals surface area contributed by atoms with E-state index in [0.29, 0.717) is 12.5 Å². The molecular weight excluding hydrogens is 290 g/mol. The Morgan fingerprint density at radius 3 is 2.52 bits per heavy atom. The molecule has 0 aromatic heterocycles. The molecule has 0 saturated heterocycles. The summed E-state index contributed by atoms with van der Waals surface area (Å²) in [6.07, 6.45) is 5.74. The summed E-state index contributed by atoms with van der Waals surface area (Å²) in [5, 5.41) is 3.39. The van der Waals surface area contributed by atoms with E-state index >= 15 is 0 Å². The molecule has 3 aliphatic rings. The van der Waals surface area contributed by atoms with Gasteiger partial charge in [-0.15, -0.1) is 4.48 Å². The van der Waals surface area contributed by atoms with Crippen LogP contribution < -0.4 is 15.5 Å². The summed E-state index contributed by atoms with van der Waals surface area (Å²) in [6, 6.07) is 7.48. The van der Waals surface area contributed by atoms with Crippen molar-refractivity contribution in [1.82, 2.24) is 9.80 Å². The average molecular weight is 314 g/mol. The van der Waals surface area contributed by atoms with Crippen LogP contribution in [0.25, 0.3) is 0 Å². The van der Waals surface area contributed by atoms with Gasteiger partial charge in [-0.3, -0.25) is 5.32 Å². The maximum Gasteiger partial charge on any atom is 0.426 e. The molecule has 1 aromatic rings. The maximum absolute atomic E-state index is 13.0. The van der Waals surface area contributed by atoms with E-state index in [1.54, 1.807) is 0 Å². The van der Waals surface area contributed by atoms with Gasteiger partial charge in [0, 0.05) is 23.6 Å². The SMILES string of the molecule is NC(=O)[N+]1(CC2CC2)C(=O)CNC(CC2CC2)c2ccccc21. The number of hydrogen-bond acceptors (Lipinski definition) is 3. The number of nitrogens with two attached hydrogens (primary N) is 1. The molecule has 2 fully saturated rings. The summed E-state index contributed by atoms with van der Waals surface area (Å²) in [7, 11) is 0. The number of nitrogens with one attached hydrogen (secondary N) is 1. The topological polar surface area (TPSA) is 72.2 Å². The molecule has 122 valence electrons. The van der Waals surface area contributed by atoms with E-state index < -0.39 is 6.03 Å². The summed E-state index contributed by atoms with van der Waals surface area (Å²) in [5.41, 5.74) is 7.67. The zero-order valence-electron chi connectivity index (χ0n) is 13.3. The lowest BCUT2D eigenvalue weighted by molar-refractivity contribution is -0.126. The number of imide groups is 1. The minimum absolute atomic E-state index is 0.116. The van der Waals surface area contributed by atoms with Crippen molar-refractivity contribution in [3.05, 3.63) is 29.8 Å². The molecule has 2 atom stereocenters. The van der Waals surface area contributed by atoms with E-state index in [4.69, 9.17) is 5.73 Å². The van der Waals surface area contributed by atoms with Crippen molar-refractivity contribution in [2.24, 2.45) is 17.6 Å². The lowest BCUT2D eigenvalue weighted by Crippen LogP contribution is -2.63. The molecule has 0 spiro atoms. The van der Waals surface area contributed by atoms with Crippen LogP contribution in [0.15, 0.2) is 24.3 Å². The standard InChI is InChI=1S/C18H23N3O2/c19-18(23)21(11-13-7-8-13)16-4-2-1-3-14(16)15(9-12-5-6-12)20-10-17(21)22/h1-4,12-13,15,20H,5-11H2,(H-,19,23)/p+1. The predicted molar refractivity (Wildman–Crippen MR) is 88.5 cm³/mol. The van der Waals surface area contributed by atoms with E-state index in [9.17, 15) is 9.59 Å². The van der Waals surface area contributed by atoms with Crippen molar-refractivity contribution in [2.75, 3.05) is 13.1 Å². The molecule has 3 N–H and O–H groups in total. The normalized spacial score (nSPS) is 30.6. The van der Waals surface area contributed by atoms with Crippen LogP contribution in [0.4, 0.5) is 10.5 Å². The highest BCUT2D eigenvalue weighted by Gasteiger charge is 2.52. The van der Waals surface area contributed by atoms with Gasteiger partial charge >= 0.3 is 11.9 Å². The molecule has 1 aliphatic heterocycles. The van der Waals surface area contributed by atoms with Crippen LogP contribution >= 0.6 is 0 Å². The van der Waals surface area contributed by atoms with Crippen molar-refractivity contribution in [3.8, 4) is 0 Å². The second-order valence-electron chi connectivity index (χ2n) is 7.34. The van der Waals surface area contributed by atoms with Crippen LogP contribution in [0.2, 0.25) is 0 Å². The molecule has 0 radical (unpaired) electrons. The zero-order chi connectivity index (χ0) is 16.0. The van der Waals surface area contributed by atoms with E-state index in [1.807, 2.05) is 18.2 Å². The van der Waals surface area contributed by atoms with Gasteiger partial charge in [0.1, 0.15) is 13.1 Å². The van der Waals surface area contributed by atoms with Crippen LogP contribution in [0.3, 0.4) is 0 Å². The molecule has 2 unspecified atom stereocenters. The van der Waals surface area contributed by atoms with E-state index in [1.165, 1.54) is 12.8 Å². The second-order valence-corrected chi connectivity index (χ2v) is 7.34. The van der Waals surface area contributed by atoms with Crippen LogP contribution in [-0.2, 0) is 4.79 Å². The number of carbonyl (C=O) groups is 2. The lowest BCUT2D eigenvalue weighted by atomic mass is 9.98. The van der Waals surface area contributed by atoms with E-state index in [-0.39, 0.29) is 23.0 Å². The van der Waals surface area contributed by atoms with Crippen molar-refractivity contribution < 1.29 is 9.59 Å². The number of fused-ring (bicyclic) bond motifs is 1. The predicted octanol–water partition coefficient (Wildman–Crippen LogP) is 2.45. The van der Waals surface area contributed by atoms with Gasteiger partial charge in [0.25, 0.3) is 0 Å². The number of nitrogens with zero attached hydrogens (tertiary/aromatic N) is 1. The molecule has 0 bridgehead atoms. The lowest BCUT2D eigenvalue weighted by Gasteiger charge is -2.31. The molecule has 5 nitrogen and oxygen atoms in total. The fourth-order valence-electron chi connectivity index (χ4n) is 3.84. The number of rotatable bonds is 4. The van der Waals surface area contributed by atoms with Crippen LogP contribution in [-0.4, -0.2) is 25.0 Å². The molecular formula is C18H24N3O2+. The summed E-state index contributed by atoms with van der Waals surface area (Å²) >= 11 is 0. The monoisotopic (exact) mass is 314 g/mol. The Morgan fingerprint density at radius 1 is 1.17 bits per heavy atom. The van der Waals surface area contributed by atoms with Gasteiger partial charge in [-0.1, -0.05) is 31.0 Å². The third-order valence-corrected chi connectivity index (χ3v) is 5.52. The van der Waals surface area contributed by atoms with Gasteiger partial charge in [-0.25, -0.2) is 9.59 Å². The number of hydrogen-bond donors (Lipinski definition) is 2. The number of para-hydroxylation sites is 1.